The second kappa shape index (κ2) is 19.0. The quantitative estimate of drug-likeness (QED) is 0.0925. The number of halogens is 2. The van der Waals surface area contributed by atoms with Gasteiger partial charge in [-0.05, 0) is 0 Å². The summed E-state index contributed by atoms with van der Waals surface area (Å²) in [5.41, 5.74) is 17.5. The van der Waals surface area contributed by atoms with E-state index in [-0.39, 0.29) is 7.25 Å². The van der Waals surface area contributed by atoms with Crippen molar-refractivity contribution in [2.45, 2.75) is 178 Å². The summed E-state index contributed by atoms with van der Waals surface area (Å²) in [7, 11) is 11.9. The van der Waals surface area contributed by atoms with Gasteiger partial charge in [0.1, 0.15) is 0 Å². The van der Waals surface area contributed by atoms with E-state index < -0.39 is 53.8 Å². The summed E-state index contributed by atoms with van der Waals surface area (Å²) >= 11 is -5.06. The molecule has 2 unspecified atom stereocenters. The van der Waals surface area contributed by atoms with E-state index in [4.69, 9.17) is 0 Å². The van der Waals surface area contributed by atoms with Crippen molar-refractivity contribution in [2.75, 3.05) is 0 Å². The number of aryl methyl sites for hydroxylation is 2. The van der Waals surface area contributed by atoms with Gasteiger partial charge < -0.3 is 0 Å². The van der Waals surface area contributed by atoms with E-state index in [0.29, 0.717) is 0 Å². The first-order chi connectivity index (χ1) is 29.6. The fourth-order valence-electron chi connectivity index (χ4n) is 11.2. The van der Waals surface area contributed by atoms with Gasteiger partial charge in [0.25, 0.3) is 0 Å². The van der Waals surface area contributed by atoms with Crippen molar-refractivity contribution in [1.29, 1.82) is 0 Å². The zero-order valence-corrected chi connectivity index (χ0v) is 52.7. The molecule has 0 saturated heterocycles. The average Bonchev–Trinajstić information content (AvgIpc) is 3.76. The number of benzene rings is 4. The molecule has 0 aromatic heterocycles. The molecule has 0 amide bonds. The Morgan fingerprint density at radius 3 is 1.00 bits per heavy atom. The summed E-state index contributed by atoms with van der Waals surface area (Å²) < 4.78 is 0.197. The Labute approximate surface area is 405 Å². The normalized spacial score (nSPS) is 17.6. The zero-order valence-electron chi connectivity index (χ0n) is 43.6. The second-order valence-corrected chi connectivity index (χ2v) is 87.3. The Morgan fingerprint density at radius 1 is 0.453 bits per heavy atom. The van der Waals surface area contributed by atoms with Crippen molar-refractivity contribution in [3.05, 3.63) is 105 Å². The summed E-state index contributed by atoms with van der Waals surface area (Å²) in [6.45, 7) is 44.7. The third-order valence-electron chi connectivity index (χ3n) is 15.0. The molecule has 4 aromatic rings. The fourth-order valence-corrected chi connectivity index (χ4v) is 47.7. The molecule has 2 aliphatic rings. The van der Waals surface area contributed by atoms with Crippen LogP contribution in [0.3, 0.4) is 0 Å². The molecular weight excluding hydrogens is 975 g/mol. The third kappa shape index (κ3) is 9.86. The van der Waals surface area contributed by atoms with Crippen molar-refractivity contribution >= 4 is 88.1 Å². The summed E-state index contributed by atoms with van der Waals surface area (Å²) in [4.78, 5) is 0. The minimum absolute atomic E-state index is 0.0983. The molecule has 0 saturated carbocycles. The van der Waals surface area contributed by atoms with Gasteiger partial charge in [0.15, 0.2) is 0 Å². The van der Waals surface area contributed by atoms with Crippen LogP contribution in [0.15, 0.2) is 71.8 Å². The Morgan fingerprint density at radius 2 is 0.750 bits per heavy atom. The van der Waals surface area contributed by atoms with Gasteiger partial charge in [-0.2, -0.15) is 0 Å². The molecule has 0 N–H and O–H groups in total. The Balaban J connectivity index is 1.70. The molecule has 0 spiro atoms. The molecule has 347 valence electrons. The standard InChI is InChI=1S/2C27H39Si2.C2H7Si.2ClH.Zr/c2*1-9-11-20-15-22-14-13-21(12-10-2)27(26(22)16-20)23-17-24(28(3,4)5)19-25(18-23)29(6,7)8;1-3-2;;;/h2*13-19H,9-12H2,1-8H3;3H,1-2H3;2*1H;/q;;;;;+2/p-2. The van der Waals surface area contributed by atoms with Crippen molar-refractivity contribution < 1.29 is 15.6 Å². The summed E-state index contributed by atoms with van der Waals surface area (Å²) in [5.74, 6) is -1.74. The van der Waals surface area contributed by atoms with E-state index in [1.165, 1.54) is 66.8 Å². The average molecular weight is 1060 g/mol. The van der Waals surface area contributed by atoms with E-state index in [9.17, 15) is 17.0 Å². The van der Waals surface area contributed by atoms with Crippen LogP contribution in [-0.2, 0) is 28.4 Å². The Kier molecular flexibility index (Phi) is 15.5. The maximum absolute atomic E-state index is 9.17. The first-order valence-corrected chi connectivity index (χ1v) is 55.5. The van der Waals surface area contributed by atoms with Gasteiger partial charge in [-0.25, -0.2) is 0 Å². The number of fused-ring (bicyclic) bond motifs is 2. The molecule has 64 heavy (non-hydrogen) atoms. The number of hydrogen-bond acceptors (Lipinski definition) is 0. The van der Waals surface area contributed by atoms with Gasteiger partial charge in [-0.1, -0.05) is 0 Å². The molecule has 0 bridgehead atoms. The molecule has 0 nitrogen and oxygen atoms in total. The van der Waals surface area contributed by atoms with E-state index in [0.717, 1.165) is 51.4 Å². The van der Waals surface area contributed by atoms with Crippen LogP contribution >= 0.6 is 17.0 Å². The molecule has 0 radical (unpaired) electrons. The SMILES string of the molecule is CCCC1=Cc2c(ccc(CCC)c2-c2cc([Si](C)(C)C)cc([Si](C)(C)C)c2)[CH]1[Zr]([Cl])([Cl])([CH]1C(CCC)=Cc2c1ccc(CCC)c2-c1cc([Si](C)(C)C)cc([Si](C)(C)C)c1)[SiH](C)C. The van der Waals surface area contributed by atoms with Crippen LogP contribution in [0.25, 0.3) is 34.4 Å². The van der Waals surface area contributed by atoms with Gasteiger partial charge in [0.2, 0.25) is 0 Å². The molecule has 8 heteroatoms. The Hall–Kier alpha value is -1.09. The summed E-state index contributed by atoms with van der Waals surface area (Å²) in [5, 5.41) is 6.30. The first kappa shape index (κ1) is 52.3. The molecular formula is C56H85Cl2Si5Zr. The minimum atomic E-state index is -5.06. The molecule has 2 aliphatic carbocycles. The monoisotopic (exact) mass is 1060 g/mol. The van der Waals surface area contributed by atoms with Gasteiger partial charge in [0.05, 0.1) is 0 Å². The van der Waals surface area contributed by atoms with Crippen LogP contribution in [0.1, 0.15) is 107 Å². The van der Waals surface area contributed by atoms with E-state index in [2.05, 4.69) is 192 Å². The van der Waals surface area contributed by atoms with Crippen LogP contribution < -0.4 is 20.7 Å². The molecule has 6 rings (SSSR count). The van der Waals surface area contributed by atoms with Crippen molar-refractivity contribution in [2.24, 2.45) is 0 Å². The summed E-state index contributed by atoms with van der Waals surface area (Å²) in [6, 6.07) is 25.7. The molecule has 4 aromatic carbocycles. The Bertz CT molecular complexity index is 2240. The second-order valence-electron chi connectivity index (χ2n) is 24.5. The van der Waals surface area contributed by atoms with Crippen LogP contribution in [0, 0.1) is 0 Å². The number of rotatable bonds is 17. The number of allylic oxidation sites excluding steroid dienone is 2. The van der Waals surface area contributed by atoms with Crippen molar-refractivity contribution in [3.8, 4) is 22.3 Å². The summed E-state index contributed by atoms with van der Waals surface area (Å²) in [6.07, 6.45) is 13.9. The predicted molar refractivity (Wildman–Crippen MR) is 306 cm³/mol. The van der Waals surface area contributed by atoms with E-state index in [1.54, 1.807) is 20.7 Å². The van der Waals surface area contributed by atoms with Crippen LogP contribution in [0.2, 0.25) is 91.7 Å². The topological polar surface area (TPSA) is 0 Å². The molecule has 0 aliphatic heterocycles. The van der Waals surface area contributed by atoms with E-state index >= 15 is 0 Å². The van der Waals surface area contributed by atoms with Crippen LogP contribution in [-0.4, -0.2) is 38.2 Å². The fraction of sp³-hybridized carbons (Fsp3) is 0.500. The predicted octanol–water partition coefficient (Wildman–Crippen LogP) is 16.3. The molecule has 0 heterocycles. The number of hydrogen-bond donors (Lipinski definition) is 0. The van der Waals surface area contributed by atoms with Gasteiger partial charge >= 0.3 is 409 Å². The van der Waals surface area contributed by atoms with Crippen molar-refractivity contribution in [1.82, 2.24) is 0 Å². The maximum atomic E-state index is 9.17. The van der Waals surface area contributed by atoms with Gasteiger partial charge in [-0.15, -0.1) is 0 Å². The molecule has 0 fully saturated rings. The van der Waals surface area contributed by atoms with E-state index in [1.807, 2.05) is 0 Å². The van der Waals surface area contributed by atoms with Crippen molar-refractivity contribution in [3.63, 3.8) is 0 Å². The zero-order chi connectivity index (χ0) is 47.6. The van der Waals surface area contributed by atoms with Crippen LogP contribution in [0.4, 0.5) is 0 Å². The van der Waals surface area contributed by atoms with Gasteiger partial charge in [0, 0.05) is 0 Å². The first-order valence-electron chi connectivity index (χ1n) is 25.2. The molecule has 2 atom stereocenters. The third-order valence-corrected chi connectivity index (χ3v) is 74.9. The van der Waals surface area contributed by atoms with Crippen LogP contribution in [0.5, 0.6) is 0 Å². The van der Waals surface area contributed by atoms with Gasteiger partial charge in [-0.3, -0.25) is 0 Å².